The standard InChI is InChI=1S/C59H115NO5/c1-3-5-7-9-11-13-15-17-19-20-21-22-23-24-25-27-28-31-35-39-43-47-51-57(62)56(55-61)60-58(63)52-48-44-40-36-32-30-34-38-42-46-50-54-65-59(64)53-49-45-41-37-33-29-26-18-16-14-12-10-8-6-4-2/h47,51,56-57,61-62H,3-46,48-50,52-55H2,1-2H3,(H,60,63)/b51-47+. The summed E-state index contributed by atoms with van der Waals surface area (Å²) in [7, 11) is 0. The van der Waals surface area contributed by atoms with Gasteiger partial charge in [0.2, 0.25) is 5.91 Å². The van der Waals surface area contributed by atoms with Gasteiger partial charge in [-0.2, -0.15) is 0 Å². The van der Waals surface area contributed by atoms with Gasteiger partial charge in [0, 0.05) is 12.8 Å². The second-order valence-electron chi connectivity index (χ2n) is 20.3. The maximum atomic E-state index is 12.5. The first-order chi connectivity index (χ1) is 32.0. The topological polar surface area (TPSA) is 95.9 Å². The number of unbranched alkanes of at least 4 members (excludes halogenated alkanes) is 44. The minimum absolute atomic E-state index is 0.0115. The van der Waals surface area contributed by atoms with E-state index in [0.29, 0.717) is 19.4 Å². The van der Waals surface area contributed by atoms with E-state index in [0.717, 1.165) is 57.8 Å². The van der Waals surface area contributed by atoms with Crippen molar-refractivity contribution in [2.45, 2.75) is 341 Å². The number of esters is 1. The molecule has 0 rings (SSSR count). The number of aliphatic hydroxyl groups is 2. The Balaban J connectivity index is 3.48. The Morgan fingerprint density at radius 1 is 0.415 bits per heavy atom. The quantitative estimate of drug-likeness (QED) is 0.0321. The molecule has 0 aromatic heterocycles. The van der Waals surface area contributed by atoms with Crippen molar-refractivity contribution in [3.8, 4) is 0 Å². The second-order valence-corrected chi connectivity index (χ2v) is 20.3. The van der Waals surface area contributed by atoms with Gasteiger partial charge in [-0.25, -0.2) is 0 Å². The third-order valence-corrected chi connectivity index (χ3v) is 13.8. The molecule has 0 aliphatic heterocycles. The van der Waals surface area contributed by atoms with E-state index in [1.54, 1.807) is 6.08 Å². The van der Waals surface area contributed by atoms with E-state index >= 15 is 0 Å². The Morgan fingerprint density at radius 2 is 0.708 bits per heavy atom. The lowest BCUT2D eigenvalue weighted by atomic mass is 10.0. The molecule has 386 valence electrons. The summed E-state index contributed by atoms with van der Waals surface area (Å²) in [4.78, 5) is 24.5. The average molecular weight is 919 g/mol. The Kier molecular flexibility index (Phi) is 54.0. The van der Waals surface area contributed by atoms with Crippen LogP contribution in [0.2, 0.25) is 0 Å². The molecule has 6 heteroatoms. The van der Waals surface area contributed by atoms with Crippen molar-refractivity contribution in [3.63, 3.8) is 0 Å². The van der Waals surface area contributed by atoms with Gasteiger partial charge >= 0.3 is 5.97 Å². The molecule has 6 nitrogen and oxygen atoms in total. The van der Waals surface area contributed by atoms with E-state index in [9.17, 15) is 19.8 Å². The van der Waals surface area contributed by atoms with Gasteiger partial charge < -0.3 is 20.3 Å². The molecule has 0 radical (unpaired) electrons. The summed E-state index contributed by atoms with van der Waals surface area (Å²) in [5.41, 5.74) is 0. The number of hydrogen-bond acceptors (Lipinski definition) is 5. The maximum absolute atomic E-state index is 12.5. The van der Waals surface area contributed by atoms with E-state index in [-0.39, 0.29) is 18.5 Å². The Bertz CT molecular complexity index is 970. The van der Waals surface area contributed by atoms with Crippen LogP contribution in [0.25, 0.3) is 0 Å². The highest BCUT2D eigenvalue weighted by atomic mass is 16.5. The van der Waals surface area contributed by atoms with E-state index in [2.05, 4.69) is 19.2 Å². The van der Waals surface area contributed by atoms with Gasteiger partial charge in [-0.15, -0.1) is 0 Å². The van der Waals surface area contributed by atoms with Gasteiger partial charge in [0.1, 0.15) is 0 Å². The molecule has 3 N–H and O–H groups in total. The van der Waals surface area contributed by atoms with Crippen LogP contribution in [0.4, 0.5) is 0 Å². The number of ether oxygens (including phenoxy) is 1. The van der Waals surface area contributed by atoms with Crippen LogP contribution in [0.15, 0.2) is 12.2 Å². The molecule has 0 aromatic carbocycles. The van der Waals surface area contributed by atoms with Gasteiger partial charge in [0.05, 0.1) is 25.4 Å². The Labute approximate surface area is 406 Å². The van der Waals surface area contributed by atoms with Crippen LogP contribution in [-0.4, -0.2) is 47.4 Å². The molecule has 0 saturated heterocycles. The van der Waals surface area contributed by atoms with Gasteiger partial charge in [-0.3, -0.25) is 9.59 Å². The summed E-state index contributed by atoms with van der Waals surface area (Å²) in [6.45, 7) is 4.89. The molecule has 0 bridgehead atoms. The summed E-state index contributed by atoms with van der Waals surface area (Å²) in [5, 5.41) is 23.2. The molecule has 65 heavy (non-hydrogen) atoms. The highest BCUT2D eigenvalue weighted by Crippen LogP contribution is 2.17. The van der Waals surface area contributed by atoms with Gasteiger partial charge in [-0.05, 0) is 32.1 Å². The number of carbonyl (C=O) groups is 2. The number of carbonyl (C=O) groups excluding carboxylic acids is 2. The van der Waals surface area contributed by atoms with Crippen LogP contribution < -0.4 is 5.32 Å². The molecule has 2 unspecified atom stereocenters. The maximum Gasteiger partial charge on any atom is 0.305 e. The number of rotatable bonds is 55. The highest BCUT2D eigenvalue weighted by molar-refractivity contribution is 5.76. The third kappa shape index (κ3) is 51.8. The monoisotopic (exact) mass is 918 g/mol. The summed E-state index contributed by atoms with van der Waals surface area (Å²) in [5.74, 6) is -0.0943. The summed E-state index contributed by atoms with van der Waals surface area (Å²) in [6, 6.07) is -0.641. The molecule has 0 fully saturated rings. The normalized spacial score (nSPS) is 12.6. The Hall–Kier alpha value is -1.40. The number of hydrogen-bond donors (Lipinski definition) is 3. The molecule has 0 aromatic rings. The third-order valence-electron chi connectivity index (χ3n) is 13.8. The first-order valence-corrected chi connectivity index (χ1v) is 29.5. The van der Waals surface area contributed by atoms with E-state index < -0.39 is 12.1 Å². The fraction of sp³-hybridized carbons (Fsp3) is 0.932. The average Bonchev–Trinajstić information content (AvgIpc) is 3.31. The molecule has 0 aliphatic carbocycles. The van der Waals surface area contributed by atoms with Crippen molar-refractivity contribution in [2.75, 3.05) is 13.2 Å². The fourth-order valence-corrected chi connectivity index (χ4v) is 9.28. The molecule has 1 amide bonds. The van der Waals surface area contributed by atoms with Gasteiger partial charge in [-0.1, -0.05) is 296 Å². The summed E-state index contributed by atoms with van der Waals surface area (Å²) < 4.78 is 5.47. The SMILES string of the molecule is CCCCCCCCCCCCCCCCCCCCCC/C=C/C(O)C(CO)NC(=O)CCCCCCCCCCCCCOC(=O)CCCCCCCCCCCCCCCCC. The minimum Gasteiger partial charge on any atom is -0.466 e. The molecule has 0 spiro atoms. The molecular formula is C59H115NO5. The largest absolute Gasteiger partial charge is 0.466 e. The van der Waals surface area contributed by atoms with Crippen molar-refractivity contribution >= 4 is 11.9 Å². The molecule has 2 atom stereocenters. The predicted molar refractivity (Wildman–Crippen MR) is 283 cm³/mol. The fourth-order valence-electron chi connectivity index (χ4n) is 9.28. The molecule has 0 saturated carbocycles. The summed E-state index contributed by atoms with van der Waals surface area (Å²) in [6.07, 6.45) is 65.2. The van der Waals surface area contributed by atoms with Crippen molar-refractivity contribution in [1.82, 2.24) is 5.32 Å². The Morgan fingerprint density at radius 3 is 1.05 bits per heavy atom. The van der Waals surface area contributed by atoms with Crippen LogP contribution >= 0.6 is 0 Å². The van der Waals surface area contributed by atoms with E-state index in [1.165, 1.54) is 244 Å². The number of allylic oxidation sites excluding steroid dienone is 1. The summed E-state index contributed by atoms with van der Waals surface area (Å²) >= 11 is 0. The lowest BCUT2D eigenvalue weighted by molar-refractivity contribution is -0.143. The lowest BCUT2D eigenvalue weighted by Gasteiger charge is -2.20. The second kappa shape index (κ2) is 55.2. The van der Waals surface area contributed by atoms with Crippen molar-refractivity contribution < 1.29 is 24.5 Å². The van der Waals surface area contributed by atoms with Crippen LogP contribution in [0.3, 0.4) is 0 Å². The zero-order valence-electron chi connectivity index (χ0n) is 44.0. The van der Waals surface area contributed by atoms with E-state index in [1.807, 2.05) is 6.08 Å². The van der Waals surface area contributed by atoms with Gasteiger partial charge in [0.15, 0.2) is 0 Å². The highest BCUT2D eigenvalue weighted by Gasteiger charge is 2.18. The zero-order valence-corrected chi connectivity index (χ0v) is 44.0. The number of nitrogens with one attached hydrogen (secondary N) is 1. The number of aliphatic hydroxyl groups excluding tert-OH is 2. The first-order valence-electron chi connectivity index (χ1n) is 29.5. The zero-order chi connectivity index (χ0) is 47.2. The molecular weight excluding hydrogens is 803 g/mol. The minimum atomic E-state index is -0.856. The van der Waals surface area contributed by atoms with Crippen LogP contribution in [0, 0.1) is 0 Å². The lowest BCUT2D eigenvalue weighted by Crippen LogP contribution is -2.45. The van der Waals surface area contributed by atoms with Crippen LogP contribution in [-0.2, 0) is 14.3 Å². The van der Waals surface area contributed by atoms with Gasteiger partial charge in [0.25, 0.3) is 0 Å². The predicted octanol–water partition coefficient (Wildman–Crippen LogP) is 18.1. The van der Waals surface area contributed by atoms with Crippen molar-refractivity contribution in [2.24, 2.45) is 0 Å². The molecule has 0 heterocycles. The van der Waals surface area contributed by atoms with E-state index in [4.69, 9.17) is 4.74 Å². The van der Waals surface area contributed by atoms with Crippen molar-refractivity contribution in [1.29, 1.82) is 0 Å². The van der Waals surface area contributed by atoms with Crippen LogP contribution in [0.1, 0.15) is 328 Å². The van der Waals surface area contributed by atoms with Crippen molar-refractivity contribution in [3.05, 3.63) is 12.2 Å². The smallest absolute Gasteiger partial charge is 0.305 e. The first kappa shape index (κ1) is 63.6. The van der Waals surface area contributed by atoms with Crippen LogP contribution in [0.5, 0.6) is 0 Å². The molecule has 0 aliphatic rings. The number of amides is 1.